The zero-order chi connectivity index (χ0) is 17.5. The summed E-state index contributed by atoms with van der Waals surface area (Å²) >= 11 is 11.8. The van der Waals surface area contributed by atoms with E-state index < -0.39 is 0 Å². The van der Waals surface area contributed by atoms with Crippen LogP contribution in [0.1, 0.15) is 13.3 Å². The van der Waals surface area contributed by atoms with Crippen LogP contribution in [-0.4, -0.2) is 18.4 Å². The molecule has 5 nitrogen and oxygen atoms in total. The van der Waals surface area contributed by atoms with Crippen LogP contribution in [0.25, 0.3) is 0 Å². The van der Waals surface area contributed by atoms with Gasteiger partial charge in [0, 0.05) is 33.5 Å². The van der Waals surface area contributed by atoms with Crippen molar-refractivity contribution >= 4 is 52.1 Å². The summed E-state index contributed by atoms with van der Waals surface area (Å²) in [4.78, 5) is 23.4. The lowest BCUT2D eigenvalue weighted by Crippen LogP contribution is -2.21. The van der Waals surface area contributed by atoms with E-state index in [0.29, 0.717) is 33.5 Å². The molecule has 0 radical (unpaired) electrons. The first kappa shape index (κ1) is 18.1. The summed E-state index contributed by atoms with van der Waals surface area (Å²) in [6.07, 6.45) is 0.392. The van der Waals surface area contributed by atoms with Gasteiger partial charge in [-0.25, -0.2) is 0 Å². The van der Waals surface area contributed by atoms with Gasteiger partial charge in [0.15, 0.2) is 0 Å². The minimum absolute atomic E-state index is 0.0578. The highest BCUT2D eigenvalue weighted by Gasteiger charge is 2.05. The van der Waals surface area contributed by atoms with E-state index in [2.05, 4.69) is 16.0 Å². The summed E-state index contributed by atoms with van der Waals surface area (Å²) in [6, 6.07) is 11.9. The van der Waals surface area contributed by atoms with Crippen LogP contribution in [0.3, 0.4) is 0 Å². The highest BCUT2D eigenvalue weighted by atomic mass is 35.5. The summed E-state index contributed by atoms with van der Waals surface area (Å²) in [5, 5.41) is 9.43. The highest BCUT2D eigenvalue weighted by Crippen LogP contribution is 2.22. The second-order valence-electron chi connectivity index (χ2n) is 5.04. The highest BCUT2D eigenvalue weighted by molar-refractivity contribution is 6.35. The molecule has 0 spiro atoms. The number of hydrogen-bond donors (Lipinski definition) is 3. The smallest absolute Gasteiger partial charge is 0.243 e. The van der Waals surface area contributed by atoms with Crippen LogP contribution in [0.5, 0.6) is 0 Å². The molecule has 0 aliphatic rings. The predicted molar refractivity (Wildman–Crippen MR) is 98.9 cm³/mol. The van der Waals surface area contributed by atoms with Crippen molar-refractivity contribution in [3.05, 3.63) is 52.5 Å². The fraction of sp³-hybridized carbons (Fsp3) is 0.176. The molecule has 0 aromatic heterocycles. The molecule has 0 bridgehead atoms. The average Bonchev–Trinajstić information content (AvgIpc) is 2.52. The van der Waals surface area contributed by atoms with Gasteiger partial charge in [-0.3, -0.25) is 9.59 Å². The average molecular weight is 366 g/mol. The summed E-state index contributed by atoms with van der Waals surface area (Å²) in [7, 11) is 0. The number of amides is 2. The Labute approximate surface area is 150 Å². The molecular weight excluding hydrogens is 349 g/mol. The third kappa shape index (κ3) is 5.76. The number of nitrogens with one attached hydrogen (secondary N) is 3. The van der Waals surface area contributed by atoms with E-state index in [1.165, 1.54) is 0 Å². The van der Waals surface area contributed by atoms with E-state index in [1.54, 1.807) is 49.4 Å². The van der Waals surface area contributed by atoms with Crippen molar-refractivity contribution in [2.24, 2.45) is 0 Å². The van der Waals surface area contributed by atoms with Gasteiger partial charge in [-0.05, 0) is 36.4 Å². The minimum Gasteiger partial charge on any atom is -0.376 e. The first-order chi connectivity index (χ1) is 11.5. The number of benzene rings is 2. The number of halogens is 2. The lowest BCUT2D eigenvalue weighted by Gasteiger charge is -2.10. The Bertz CT molecular complexity index is 730. The largest absolute Gasteiger partial charge is 0.376 e. The van der Waals surface area contributed by atoms with E-state index in [4.69, 9.17) is 23.2 Å². The van der Waals surface area contributed by atoms with Crippen LogP contribution >= 0.6 is 23.2 Å². The summed E-state index contributed by atoms with van der Waals surface area (Å²) in [6.45, 7) is 1.83. The Hall–Kier alpha value is -2.24. The number of carbonyl (C=O) groups excluding carboxylic acids is 2. The van der Waals surface area contributed by atoms with Gasteiger partial charge in [-0.2, -0.15) is 0 Å². The third-order valence-electron chi connectivity index (χ3n) is 3.07. The van der Waals surface area contributed by atoms with Crippen molar-refractivity contribution in [2.45, 2.75) is 13.3 Å². The lowest BCUT2D eigenvalue weighted by molar-refractivity contribution is -0.116. The number of rotatable bonds is 6. The zero-order valence-corrected chi connectivity index (χ0v) is 14.5. The molecule has 0 saturated carbocycles. The molecule has 0 heterocycles. The van der Waals surface area contributed by atoms with Gasteiger partial charge in [-0.15, -0.1) is 0 Å². The van der Waals surface area contributed by atoms with Crippen LogP contribution in [-0.2, 0) is 9.59 Å². The monoisotopic (exact) mass is 365 g/mol. The molecule has 0 aliphatic heterocycles. The molecule has 2 aromatic rings. The Morgan fingerprint density at radius 1 is 0.875 bits per heavy atom. The van der Waals surface area contributed by atoms with Crippen LogP contribution in [0, 0.1) is 0 Å². The van der Waals surface area contributed by atoms with Gasteiger partial charge in [0.05, 0.1) is 6.54 Å². The number of anilines is 3. The summed E-state index contributed by atoms with van der Waals surface area (Å²) < 4.78 is 0. The zero-order valence-electron chi connectivity index (χ0n) is 13.0. The standard InChI is InChI=1S/C17H17Cl2N3O2/c1-2-16(23)21-13-4-3-5-14(9-13)22-17(24)10-20-15-7-11(18)6-12(19)8-15/h3-9,20H,2,10H2,1H3,(H,21,23)(H,22,24). The summed E-state index contributed by atoms with van der Waals surface area (Å²) in [5.41, 5.74) is 1.89. The van der Waals surface area contributed by atoms with Gasteiger partial charge in [0.1, 0.15) is 0 Å². The summed E-state index contributed by atoms with van der Waals surface area (Å²) in [5.74, 6) is -0.317. The predicted octanol–water partition coefficient (Wildman–Crippen LogP) is 4.39. The van der Waals surface area contributed by atoms with E-state index >= 15 is 0 Å². The molecule has 2 amide bonds. The first-order valence-electron chi connectivity index (χ1n) is 7.36. The molecule has 0 fully saturated rings. The molecule has 126 valence electrons. The van der Waals surface area contributed by atoms with Crippen molar-refractivity contribution in [2.75, 3.05) is 22.5 Å². The minimum atomic E-state index is -0.231. The van der Waals surface area contributed by atoms with Gasteiger partial charge in [0.2, 0.25) is 11.8 Å². The SMILES string of the molecule is CCC(=O)Nc1cccc(NC(=O)CNc2cc(Cl)cc(Cl)c2)c1. The Kier molecular flexibility index (Phi) is 6.46. The Balaban J connectivity index is 1.92. The maximum atomic E-state index is 12.0. The van der Waals surface area contributed by atoms with Crippen LogP contribution in [0.15, 0.2) is 42.5 Å². The Morgan fingerprint density at radius 2 is 1.46 bits per heavy atom. The van der Waals surface area contributed by atoms with E-state index in [-0.39, 0.29) is 18.4 Å². The topological polar surface area (TPSA) is 70.2 Å². The maximum Gasteiger partial charge on any atom is 0.243 e. The molecule has 0 unspecified atom stereocenters. The second kappa shape index (κ2) is 8.57. The van der Waals surface area contributed by atoms with Gasteiger partial charge in [0.25, 0.3) is 0 Å². The Morgan fingerprint density at radius 3 is 2.04 bits per heavy atom. The molecule has 0 atom stereocenters. The van der Waals surface area contributed by atoms with Crippen LogP contribution in [0.2, 0.25) is 10.0 Å². The maximum absolute atomic E-state index is 12.0. The van der Waals surface area contributed by atoms with E-state index in [1.807, 2.05) is 0 Å². The fourth-order valence-electron chi connectivity index (χ4n) is 1.97. The quantitative estimate of drug-likeness (QED) is 0.710. The van der Waals surface area contributed by atoms with Crippen molar-refractivity contribution in [3.8, 4) is 0 Å². The fourth-order valence-corrected chi connectivity index (χ4v) is 2.49. The number of hydrogen-bond acceptors (Lipinski definition) is 3. The lowest BCUT2D eigenvalue weighted by atomic mass is 10.2. The van der Waals surface area contributed by atoms with Gasteiger partial charge in [-0.1, -0.05) is 36.2 Å². The molecule has 7 heteroatoms. The van der Waals surface area contributed by atoms with Crippen molar-refractivity contribution in [1.29, 1.82) is 0 Å². The van der Waals surface area contributed by atoms with Crippen molar-refractivity contribution < 1.29 is 9.59 Å². The van der Waals surface area contributed by atoms with Crippen LogP contribution in [0.4, 0.5) is 17.1 Å². The van der Waals surface area contributed by atoms with Crippen molar-refractivity contribution in [3.63, 3.8) is 0 Å². The van der Waals surface area contributed by atoms with Gasteiger partial charge < -0.3 is 16.0 Å². The van der Waals surface area contributed by atoms with E-state index in [9.17, 15) is 9.59 Å². The normalized spacial score (nSPS) is 10.1. The molecule has 2 rings (SSSR count). The van der Waals surface area contributed by atoms with Crippen LogP contribution < -0.4 is 16.0 Å². The van der Waals surface area contributed by atoms with Gasteiger partial charge >= 0.3 is 0 Å². The molecule has 3 N–H and O–H groups in total. The first-order valence-corrected chi connectivity index (χ1v) is 8.11. The molecule has 24 heavy (non-hydrogen) atoms. The molecular formula is C17H17Cl2N3O2. The molecule has 2 aromatic carbocycles. The van der Waals surface area contributed by atoms with E-state index in [0.717, 1.165) is 0 Å². The second-order valence-corrected chi connectivity index (χ2v) is 5.92. The molecule has 0 aliphatic carbocycles. The third-order valence-corrected chi connectivity index (χ3v) is 3.50. The molecule has 0 saturated heterocycles. The number of carbonyl (C=O) groups is 2. The van der Waals surface area contributed by atoms with Crippen molar-refractivity contribution in [1.82, 2.24) is 0 Å².